The van der Waals surface area contributed by atoms with Gasteiger partial charge in [0.1, 0.15) is 5.82 Å². The minimum Gasteiger partial charge on any atom is -0.337 e. The molecule has 0 N–H and O–H groups in total. The van der Waals surface area contributed by atoms with Gasteiger partial charge in [-0.1, -0.05) is 6.07 Å². The third-order valence-corrected chi connectivity index (χ3v) is 3.18. The summed E-state index contributed by atoms with van der Waals surface area (Å²) in [6.07, 6.45) is 1.85. The van der Waals surface area contributed by atoms with E-state index >= 15 is 0 Å². The lowest BCUT2D eigenvalue weighted by Crippen LogP contribution is -2.47. The molecule has 3 heteroatoms. The zero-order valence-electron chi connectivity index (χ0n) is 9.07. The summed E-state index contributed by atoms with van der Waals surface area (Å²) in [4.78, 5) is 9.08. The van der Waals surface area contributed by atoms with Crippen molar-refractivity contribution < 1.29 is 0 Å². The van der Waals surface area contributed by atoms with E-state index in [4.69, 9.17) is 0 Å². The molecule has 1 fully saturated rings. The molecule has 1 saturated heterocycles. The number of rotatable bonds is 1. The second-order valence-corrected chi connectivity index (χ2v) is 4.26. The molecule has 14 heavy (non-hydrogen) atoms. The van der Waals surface area contributed by atoms with Crippen LogP contribution in [0.3, 0.4) is 0 Å². The van der Waals surface area contributed by atoms with Gasteiger partial charge in [0.25, 0.3) is 0 Å². The van der Waals surface area contributed by atoms with Gasteiger partial charge < -0.3 is 4.90 Å². The van der Waals surface area contributed by atoms with Gasteiger partial charge in [0.15, 0.2) is 0 Å². The molecular formula is C11H17N3. The zero-order valence-corrected chi connectivity index (χ0v) is 9.07. The molecule has 0 bridgehead atoms. The summed E-state index contributed by atoms with van der Waals surface area (Å²) >= 11 is 0. The van der Waals surface area contributed by atoms with Crippen LogP contribution < -0.4 is 4.90 Å². The summed E-state index contributed by atoms with van der Waals surface area (Å²) in [5, 5.41) is 0. The van der Waals surface area contributed by atoms with Crippen LogP contribution in [-0.2, 0) is 0 Å². The quantitative estimate of drug-likeness (QED) is 0.671. The van der Waals surface area contributed by atoms with Crippen LogP contribution in [0.4, 0.5) is 5.82 Å². The first-order chi connectivity index (χ1) is 6.62. The molecule has 0 spiro atoms. The van der Waals surface area contributed by atoms with Crippen molar-refractivity contribution >= 4 is 5.82 Å². The number of anilines is 1. The maximum absolute atomic E-state index is 4.39. The smallest absolute Gasteiger partial charge is 0.129 e. The van der Waals surface area contributed by atoms with E-state index in [9.17, 15) is 0 Å². The Labute approximate surface area is 85.4 Å². The molecule has 2 heterocycles. The van der Waals surface area contributed by atoms with Crippen LogP contribution in [0.1, 0.15) is 13.8 Å². The SMILES string of the molecule is CN1CCN(c2ccccn2)C1(C)C. The van der Waals surface area contributed by atoms with Crippen molar-refractivity contribution in [1.29, 1.82) is 0 Å². The van der Waals surface area contributed by atoms with Gasteiger partial charge in [0.05, 0.1) is 5.66 Å². The lowest BCUT2D eigenvalue weighted by atomic mass is 10.2. The fourth-order valence-electron chi connectivity index (χ4n) is 1.91. The minimum absolute atomic E-state index is 0.0777. The summed E-state index contributed by atoms with van der Waals surface area (Å²) in [5.41, 5.74) is 0.0777. The summed E-state index contributed by atoms with van der Waals surface area (Å²) in [5.74, 6) is 1.07. The number of aromatic nitrogens is 1. The predicted molar refractivity (Wildman–Crippen MR) is 58.3 cm³/mol. The Morgan fingerprint density at radius 3 is 2.57 bits per heavy atom. The normalized spacial score (nSPS) is 21.5. The molecule has 2 rings (SSSR count). The summed E-state index contributed by atoms with van der Waals surface area (Å²) in [6, 6.07) is 6.06. The van der Waals surface area contributed by atoms with E-state index in [0.717, 1.165) is 18.9 Å². The van der Waals surface area contributed by atoms with Gasteiger partial charge in [-0.2, -0.15) is 0 Å². The molecule has 0 unspecified atom stereocenters. The first-order valence-corrected chi connectivity index (χ1v) is 5.02. The molecule has 0 amide bonds. The minimum atomic E-state index is 0.0777. The number of hydrogen-bond donors (Lipinski definition) is 0. The van der Waals surface area contributed by atoms with Crippen LogP contribution in [0.25, 0.3) is 0 Å². The van der Waals surface area contributed by atoms with E-state index in [2.05, 4.69) is 41.7 Å². The van der Waals surface area contributed by atoms with Crippen molar-refractivity contribution in [3.8, 4) is 0 Å². The highest BCUT2D eigenvalue weighted by molar-refractivity contribution is 5.42. The van der Waals surface area contributed by atoms with Gasteiger partial charge in [-0.3, -0.25) is 4.90 Å². The zero-order chi connectivity index (χ0) is 10.2. The van der Waals surface area contributed by atoms with Crippen LogP contribution in [0, 0.1) is 0 Å². The van der Waals surface area contributed by atoms with Crippen LogP contribution in [0.2, 0.25) is 0 Å². The number of pyridine rings is 1. The molecule has 1 aromatic rings. The van der Waals surface area contributed by atoms with Crippen LogP contribution >= 0.6 is 0 Å². The van der Waals surface area contributed by atoms with Gasteiger partial charge in [0, 0.05) is 19.3 Å². The molecule has 0 saturated carbocycles. The Morgan fingerprint density at radius 2 is 2.07 bits per heavy atom. The van der Waals surface area contributed by atoms with Crippen LogP contribution in [0.15, 0.2) is 24.4 Å². The third kappa shape index (κ3) is 1.38. The fraction of sp³-hybridized carbons (Fsp3) is 0.545. The summed E-state index contributed by atoms with van der Waals surface area (Å²) in [7, 11) is 2.16. The Kier molecular flexibility index (Phi) is 2.19. The standard InChI is InChI=1S/C11H17N3/c1-11(2)13(3)8-9-14(11)10-6-4-5-7-12-10/h4-7H,8-9H2,1-3H3. The average Bonchev–Trinajstić information content (AvgIpc) is 2.44. The van der Waals surface area contributed by atoms with Gasteiger partial charge >= 0.3 is 0 Å². The van der Waals surface area contributed by atoms with Crippen LogP contribution in [-0.4, -0.2) is 35.7 Å². The van der Waals surface area contributed by atoms with E-state index in [1.165, 1.54) is 0 Å². The van der Waals surface area contributed by atoms with Crippen molar-refractivity contribution in [1.82, 2.24) is 9.88 Å². The molecule has 1 aromatic heterocycles. The largest absolute Gasteiger partial charge is 0.337 e. The molecule has 0 atom stereocenters. The summed E-state index contributed by atoms with van der Waals surface area (Å²) in [6.45, 7) is 6.62. The lowest BCUT2D eigenvalue weighted by Gasteiger charge is -2.36. The predicted octanol–water partition coefficient (Wildman–Crippen LogP) is 1.57. The fourth-order valence-corrected chi connectivity index (χ4v) is 1.91. The molecule has 0 aliphatic carbocycles. The number of likely N-dealkylation sites (N-methyl/N-ethyl adjacent to an activating group) is 1. The molecule has 76 valence electrons. The monoisotopic (exact) mass is 191 g/mol. The first-order valence-electron chi connectivity index (χ1n) is 5.02. The molecule has 1 aliphatic rings. The molecular weight excluding hydrogens is 174 g/mol. The lowest BCUT2D eigenvalue weighted by molar-refractivity contribution is 0.219. The highest BCUT2D eigenvalue weighted by Crippen LogP contribution is 2.28. The first kappa shape index (κ1) is 9.46. The van der Waals surface area contributed by atoms with Crippen molar-refractivity contribution in [2.75, 3.05) is 25.0 Å². The van der Waals surface area contributed by atoms with E-state index in [1.54, 1.807) is 0 Å². The van der Waals surface area contributed by atoms with Crippen molar-refractivity contribution in [3.05, 3.63) is 24.4 Å². The van der Waals surface area contributed by atoms with E-state index in [-0.39, 0.29) is 5.66 Å². The van der Waals surface area contributed by atoms with E-state index < -0.39 is 0 Å². The van der Waals surface area contributed by atoms with E-state index in [0.29, 0.717) is 0 Å². The number of hydrogen-bond acceptors (Lipinski definition) is 3. The Balaban J connectivity index is 2.29. The van der Waals surface area contributed by atoms with Gasteiger partial charge in [-0.15, -0.1) is 0 Å². The Hall–Kier alpha value is -1.09. The third-order valence-electron chi connectivity index (χ3n) is 3.18. The summed E-state index contributed by atoms with van der Waals surface area (Å²) < 4.78 is 0. The number of nitrogens with zero attached hydrogens (tertiary/aromatic N) is 3. The Bertz CT molecular complexity index is 308. The van der Waals surface area contributed by atoms with Crippen molar-refractivity contribution in [2.45, 2.75) is 19.5 Å². The van der Waals surface area contributed by atoms with E-state index in [1.807, 2.05) is 18.3 Å². The van der Waals surface area contributed by atoms with Gasteiger partial charge in [0.2, 0.25) is 0 Å². The molecule has 0 radical (unpaired) electrons. The second kappa shape index (κ2) is 3.24. The molecule has 3 nitrogen and oxygen atoms in total. The molecule has 1 aliphatic heterocycles. The maximum atomic E-state index is 4.39. The highest BCUT2D eigenvalue weighted by Gasteiger charge is 2.37. The molecule has 0 aromatic carbocycles. The van der Waals surface area contributed by atoms with Gasteiger partial charge in [-0.05, 0) is 33.0 Å². The second-order valence-electron chi connectivity index (χ2n) is 4.26. The highest BCUT2D eigenvalue weighted by atomic mass is 15.5. The Morgan fingerprint density at radius 1 is 1.29 bits per heavy atom. The average molecular weight is 191 g/mol. The van der Waals surface area contributed by atoms with Crippen LogP contribution in [0.5, 0.6) is 0 Å². The van der Waals surface area contributed by atoms with Crippen molar-refractivity contribution in [3.63, 3.8) is 0 Å². The van der Waals surface area contributed by atoms with Gasteiger partial charge in [-0.25, -0.2) is 4.98 Å². The maximum Gasteiger partial charge on any atom is 0.129 e. The van der Waals surface area contributed by atoms with Crippen molar-refractivity contribution in [2.24, 2.45) is 0 Å². The topological polar surface area (TPSA) is 19.4 Å².